The van der Waals surface area contributed by atoms with Gasteiger partial charge >= 0.3 is 0 Å². The van der Waals surface area contributed by atoms with Gasteiger partial charge in [0.25, 0.3) is 0 Å². The summed E-state index contributed by atoms with van der Waals surface area (Å²) in [4.78, 5) is 0. The summed E-state index contributed by atoms with van der Waals surface area (Å²) in [5, 5.41) is 0. The van der Waals surface area contributed by atoms with Crippen molar-refractivity contribution >= 4 is 15.8 Å². The largest absolute Gasteiger partial charge is 0.326 e. The zero-order valence-corrected chi connectivity index (χ0v) is 7.27. The second-order valence-corrected chi connectivity index (χ2v) is 5.77. The maximum absolute atomic E-state index is 11.6. The van der Waals surface area contributed by atoms with E-state index in [1.165, 1.54) is 5.56 Å². The topological polar surface area (TPSA) is 29.1 Å². The van der Waals surface area contributed by atoms with Crippen molar-refractivity contribution in [3.8, 4) is 0 Å². The van der Waals surface area contributed by atoms with Crippen LogP contribution in [0.5, 0.6) is 0 Å². The van der Waals surface area contributed by atoms with E-state index in [1.807, 2.05) is 24.3 Å². The van der Waals surface area contributed by atoms with E-state index in [9.17, 15) is 4.21 Å². The highest BCUT2D eigenvalue weighted by Crippen LogP contribution is 2.28. The van der Waals surface area contributed by atoms with Crippen LogP contribution in [-0.4, -0.2) is 10.5 Å². The van der Waals surface area contributed by atoms with E-state index in [0.717, 1.165) is 5.69 Å². The predicted molar refractivity (Wildman–Crippen MR) is 49.2 cm³/mol. The van der Waals surface area contributed by atoms with Gasteiger partial charge in [0.1, 0.15) is 0 Å². The summed E-state index contributed by atoms with van der Waals surface area (Å²) in [6.07, 6.45) is 1.78. The maximum Gasteiger partial charge on any atom is 0.0485 e. The number of benzene rings is 1. The Balaban J connectivity index is 2.49. The first-order valence-corrected chi connectivity index (χ1v) is 5.94. The van der Waals surface area contributed by atoms with Crippen molar-refractivity contribution in [1.29, 1.82) is 0 Å². The number of fused-ring (bicyclic) bond motifs is 1. The number of thiol groups is 1. The SMILES string of the molecule is C[SH]1(=O)Cc2ccccc2N1. The third-order valence-electron chi connectivity index (χ3n) is 1.85. The lowest BCUT2D eigenvalue weighted by Gasteiger charge is -2.10. The van der Waals surface area contributed by atoms with Crippen LogP contribution in [0.3, 0.4) is 0 Å². The highest BCUT2D eigenvalue weighted by atomic mass is 32.3. The van der Waals surface area contributed by atoms with Crippen LogP contribution in [0.15, 0.2) is 24.3 Å². The van der Waals surface area contributed by atoms with Crippen molar-refractivity contribution in [1.82, 2.24) is 0 Å². The minimum Gasteiger partial charge on any atom is -0.326 e. The molecule has 60 valence electrons. The Hall–Kier alpha value is -0.830. The molecule has 0 spiro atoms. The first-order valence-electron chi connectivity index (χ1n) is 3.60. The van der Waals surface area contributed by atoms with Crippen LogP contribution in [0, 0.1) is 0 Å². The molecule has 2 rings (SSSR count). The van der Waals surface area contributed by atoms with Gasteiger partial charge in [-0.1, -0.05) is 18.2 Å². The number of para-hydroxylation sites is 1. The Morgan fingerprint density at radius 1 is 1.45 bits per heavy atom. The molecule has 0 atom stereocenters. The van der Waals surface area contributed by atoms with Crippen molar-refractivity contribution in [2.75, 3.05) is 11.0 Å². The third-order valence-corrected chi connectivity index (χ3v) is 3.50. The molecule has 1 aliphatic rings. The number of anilines is 1. The zero-order chi connectivity index (χ0) is 7.90. The molecule has 0 radical (unpaired) electrons. The van der Waals surface area contributed by atoms with E-state index in [1.54, 1.807) is 6.26 Å². The van der Waals surface area contributed by atoms with Gasteiger partial charge in [0.15, 0.2) is 0 Å². The molecule has 3 heteroatoms. The molecule has 1 heterocycles. The number of nitrogens with one attached hydrogen (secondary N) is 1. The molecular formula is C8H11NOS. The van der Waals surface area contributed by atoms with Crippen LogP contribution < -0.4 is 4.72 Å². The van der Waals surface area contributed by atoms with Crippen LogP contribution in [0.2, 0.25) is 0 Å². The quantitative estimate of drug-likeness (QED) is 0.561. The molecule has 0 aliphatic carbocycles. The Morgan fingerprint density at radius 3 is 2.91 bits per heavy atom. The lowest BCUT2D eigenvalue weighted by Crippen LogP contribution is -2.14. The molecule has 1 aromatic rings. The van der Waals surface area contributed by atoms with E-state index >= 15 is 0 Å². The summed E-state index contributed by atoms with van der Waals surface area (Å²) in [5.41, 5.74) is 2.22. The Labute approximate surface area is 67.2 Å². The van der Waals surface area contributed by atoms with Crippen LogP contribution >= 0.6 is 0 Å². The maximum atomic E-state index is 11.6. The summed E-state index contributed by atoms with van der Waals surface area (Å²) < 4.78 is 14.6. The Kier molecular flexibility index (Phi) is 1.29. The predicted octanol–water partition coefficient (Wildman–Crippen LogP) is 1.17. The zero-order valence-electron chi connectivity index (χ0n) is 6.37. The van der Waals surface area contributed by atoms with E-state index < -0.39 is 10.1 Å². The van der Waals surface area contributed by atoms with Crippen molar-refractivity contribution in [2.45, 2.75) is 5.75 Å². The fourth-order valence-corrected chi connectivity index (χ4v) is 3.12. The number of rotatable bonds is 0. The van der Waals surface area contributed by atoms with Crippen molar-refractivity contribution in [3.63, 3.8) is 0 Å². The van der Waals surface area contributed by atoms with Crippen molar-refractivity contribution in [2.24, 2.45) is 0 Å². The fourth-order valence-electron chi connectivity index (χ4n) is 1.39. The lowest BCUT2D eigenvalue weighted by atomic mass is 10.2. The standard InChI is InChI=1S/C8H11NOS/c1-11(10)6-7-4-2-3-5-8(7)9-11/h2-5,11H,6H2,1H3,(H,9,10). The average Bonchev–Trinajstić information content (AvgIpc) is 2.21. The molecule has 0 unspecified atom stereocenters. The van der Waals surface area contributed by atoms with E-state index in [-0.39, 0.29) is 0 Å². The molecule has 1 aromatic carbocycles. The summed E-state index contributed by atoms with van der Waals surface area (Å²) in [5.74, 6) is 0.698. The molecule has 0 aromatic heterocycles. The first-order chi connectivity index (χ1) is 5.17. The van der Waals surface area contributed by atoms with Crippen LogP contribution in [0.25, 0.3) is 0 Å². The van der Waals surface area contributed by atoms with E-state index in [2.05, 4.69) is 4.72 Å². The van der Waals surface area contributed by atoms with Crippen LogP contribution in [-0.2, 0) is 15.9 Å². The number of hydrogen-bond donors (Lipinski definition) is 2. The minimum atomic E-state index is -2.08. The minimum absolute atomic E-state index is 0.698. The molecule has 0 saturated carbocycles. The fraction of sp³-hybridized carbons (Fsp3) is 0.250. The normalized spacial score (nSPS) is 21.9. The number of hydrogen-bond acceptors (Lipinski definition) is 1. The monoisotopic (exact) mass is 169 g/mol. The first kappa shape index (κ1) is 6.85. The van der Waals surface area contributed by atoms with Gasteiger partial charge in [-0.3, -0.25) is 4.21 Å². The van der Waals surface area contributed by atoms with Gasteiger partial charge in [-0.2, -0.15) is 0 Å². The third kappa shape index (κ3) is 1.16. The van der Waals surface area contributed by atoms with Gasteiger partial charge in [-0.25, -0.2) is 0 Å². The van der Waals surface area contributed by atoms with Crippen molar-refractivity contribution in [3.05, 3.63) is 29.8 Å². The smallest absolute Gasteiger partial charge is 0.0485 e. The molecule has 0 saturated heterocycles. The van der Waals surface area contributed by atoms with Gasteiger partial charge in [0, 0.05) is 17.7 Å². The second kappa shape index (κ2) is 2.08. The highest BCUT2D eigenvalue weighted by molar-refractivity contribution is 8.03. The Bertz CT molecular complexity index is 306. The lowest BCUT2D eigenvalue weighted by molar-refractivity contribution is 0.679. The van der Waals surface area contributed by atoms with Gasteiger partial charge in [0.2, 0.25) is 0 Å². The van der Waals surface area contributed by atoms with Crippen LogP contribution in [0.4, 0.5) is 5.69 Å². The molecule has 0 bridgehead atoms. The average molecular weight is 169 g/mol. The molecule has 2 nitrogen and oxygen atoms in total. The van der Waals surface area contributed by atoms with Crippen LogP contribution in [0.1, 0.15) is 5.56 Å². The van der Waals surface area contributed by atoms with Crippen molar-refractivity contribution < 1.29 is 4.21 Å². The summed E-state index contributed by atoms with van der Waals surface area (Å²) in [6, 6.07) is 7.92. The molecular weight excluding hydrogens is 158 g/mol. The van der Waals surface area contributed by atoms with E-state index in [4.69, 9.17) is 0 Å². The molecule has 1 N–H and O–H groups in total. The molecule has 0 fully saturated rings. The Morgan fingerprint density at radius 2 is 2.18 bits per heavy atom. The molecule has 11 heavy (non-hydrogen) atoms. The van der Waals surface area contributed by atoms with Gasteiger partial charge in [-0.05, 0) is 21.7 Å². The summed E-state index contributed by atoms with van der Waals surface area (Å²) >= 11 is 0. The van der Waals surface area contributed by atoms with E-state index in [0.29, 0.717) is 5.75 Å². The van der Waals surface area contributed by atoms with Gasteiger partial charge in [-0.15, -0.1) is 0 Å². The molecule has 1 aliphatic heterocycles. The summed E-state index contributed by atoms with van der Waals surface area (Å²) in [7, 11) is -2.08. The summed E-state index contributed by atoms with van der Waals surface area (Å²) in [6.45, 7) is 0. The highest BCUT2D eigenvalue weighted by Gasteiger charge is 2.19. The van der Waals surface area contributed by atoms with Gasteiger partial charge < -0.3 is 4.72 Å². The second-order valence-electron chi connectivity index (χ2n) is 3.03. The van der Waals surface area contributed by atoms with Gasteiger partial charge in [0.05, 0.1) is 0 Å². The molecule has 0 amide bonds.